The fourth-order valence-electron chi connectivity index (χ4n) is 2.21. The van der Waals surface area contributed by atoms with Crippen molar-refractivity contribution in [2.75, 3.05) is 11.1 Å². The van der Waals surface area contributed by atoms with Crippen LogP contribution < -0.4 is 5.32 Å². The fraction of sp³-hybridized carbons (Fsp3) is 0.278. The molecule has 4 nitrogen and oxygen atoms in total. The average molecular weight is 390 g/mol. The van der Waals surface area contributed by atoms with E-state index >= 15 is 0 Å². The topological polar surface area (TPSA) is 54.9 Å². The summed E-state index contributed by atoms with van der Waals surface area (Å²) in [5.41, 5.74) is 0.813. The maximum Gasteiger partial charge on any atom is 0.237 e. The van der Waals surface area contributed by atoms with Crippen LogP contribution in [0.3, 0.4) is 0 Å². The minimum atomic E-state index is -0.233. The molecule has 0 aliphatic rings. The van der Waals surface area contributed by atoms with Crippen LogP contribution in [0.1, 0.15) is 20.3 Å². The van der Waals surface area contributed by atoms with E-state index in [-0.39, 0.29) is 11.2 Å². The average Bonchev–Trinajstić information content (AvgIpc) is 3.07. The second-order valence-electron chi connectivity index (χ2n) is 5.49. The Balaban J connectivity index is 1.60. The lowest BCUT2D eigenvalue weighted by atomic mass is 10.1. The van der Waals surface area contributed by atoms with E-state index in [9.17, 15) is 4.79 Å². The zero-order valence-electron chi connectivity index (χ0n) is 14.1. The molecule has 25 heavy (non-hydrogen) atoms. The van der Waals surface area contributed by atoms with Gasteiger partial charge in [-0.15, -0.1) is 10.2 Å². The molecular formula is C18H19N3OS3. The molecule has 0 fully saturated rings. The SMILES string of the molecule is CCCSc1nnc(S[C@@H](C)C(=O)Nc2ccc3ccccc3c2)s1. The number of hydrogen-bond donors (Lipinski definition) is 1. The second-order valence-corrected chi connectivity index (χ2v) is 9.40. The van der Waals surface area contributed by atoms with Crippen LogP contribution in [0.4, 0.5) is 5.69 Å². The molecule has 1 N–H and O–H groups in total. The van der Waals surface area contributed by atoms with Crippen molar-refractivity contribution >= 4 is 57.2 Å². The fourth-order valence-corrected chi connectivity index (χ4v) is 5.30. The molecule has 0 bridgehead atoms. The van der Waals surface area contributed by atoms with Crippen LogP contribution in [0.25, 0.3) is 10.8 Å². The maximum atomic E-state index is 12.5. The Bertz CT molecular complexity index is 865. The molecule has 3 aromatic rings. The van der Waals surface area contributed by atoms with E-state index in [0.29, 0.717) is 0 Å². The van der Waals surface area contributed by atoms with Crippen molar-refractivity contribution in [3.05, 3.63) is 42.5 Å². The monoisotopic (exact) mass is 389 g/mol. The number of carbonyl (C=O) groups excluding carboxylic acids is 1. The van der Waals surface area contributed by atoms with Gasteiger partial charge in [0.2, 0.25) is 5.91 Å². The number of aromatic nitrogens is 2. The van der Waals surface area contributed by atoms with Crippen molar-refractivity contribution in [1.82, 2.24) is 10.2 Å². The van der Waals surface area contributed by atoms with Crippen LogP contribution in [-0.4, -0.2) is 27.1 Å². The van der Waals surface area contributed by atoms with Gasteiger partial charge in [0.25, 0.3) is 0 Å². The lowest BCUT2D eigenvalue weighted by molar-refractivity contribution is -0.115. The summed E-state index contributed by atoms with van der Waals surface area (Å²) in [4.78, 5) is 12.5. The predicted octanol–water partition coefficient (Wildman–Crippen LogP) is 5.31. The molecule has 130 valence electrons. The molecule has 1 heterocycles. The van der Waals surface area contributed by atoms with Crippen molar-refractivity contribution in [3.63, 3.8) is 0 Å². The van der Waals surface area contributed by atoms with Crippen molar-refractivity contribution in [2.24, 2.45) is 0 Å². The Morgan fingerprint density at radius 1 is 1.16 bits per heavy atom. The number of thioether (sulfide) groups is 2. The number of fused-ring (bicyclic) bond motifs is 1. The highest BCUT2D eigenvalue weighted by Gasteiger charge is 2.17. The van der Waals surface area contributed by atoms with E-state index in [1.165, 1.54) is 11.8 Å². The molecule has 0 aliphatic carbocycles. The molecule has 0 unspecified atom stereocenters. The highest BCUT2D eigenvalue weighted by Crippen LogP contribution is 2.31. The van der Waals surface area contributed by atoms with Crippen LogP contribution in [0.15, 0.2) is 51.1 Å². The van der Waals surface area contributed by atoms with Gasteiger partial charge in [-0.2, -0.15) is 0 Å². The molecule has 0 saturated carbocycles. The molecule has 1 aromatic heterocycles. The Labute approximate surface area is 159 Å². The summed E-state index contributed by atoms with van der Waals surface area (Å²) >= 11 is 4.71. The number of rotatable bonds is 7. The second kappa shape index (κ2) is 8.69. The number of nitrogens with one attached hydrogen (secondary N) is 1. The third-order valence-corrected chi connectivity index (χ3v) is 6.93. The molecule has 0 saturated heterocycles. The van der Waals surface area contributed by atoms with Gasteiger partial charge >= 0.3 is 0 Å². The first kappa shape index (κ1) is 18.2. The summed E-state index contributed by atoms with van der Waals surface area (Å²) < 4.78 is 1.80. The highest BCUT2D eigenvalue weighted by molar-refractivity contribution is 8.03. The van der Waals surface area contributed by atoms with Crippen LogP contribution in [0.2, 0.25) is 0 Å². The standard InChI is InChI=1S/C18H19N3OS3/c1-3-10-23-17-20-21-18(25-17)24-12(2)16(22)19-15-9-8-13-6-4-5-7-14(13)11-15/h4-9,11-12H,3,10H2,1-2H3,(H,19,22)/t12-/m0/s1. The van der Waals surface area contributed by atoms with E-state index in [1.54, 1.807) is 23.1 Å². The summed E-state index contributed by atoms with van der Waals surface area (Å²) in [6, 6.07) is 14.1. The highest BCUT2D eigenvalue weighted by atomic mass is 32.2. The van der Waals surface area contributed by atoms with Crippen LogP contribution in [0.5, 0.6) is 0 Å². The number of hydrogen-bond acceptors (Lipinski definition) is 6. The zero-order chi connectivity index (χ0) is 17.6. The van der Waals surface area contributed by atoms with Gasteiger partial charge in [-0.25, -0.2) is 0 Å². The first-order valence-electron chi connectivity index (χ1n) is 8.08. The first-order chi connectivity index (χ1) is 12.2. The number of nitrogens with zero attached hydrogens (tertiary/aromatic N) is 2. The normalized spacial score (nSPS) is 12.2. The molecule has 1 amide bonds. The summed E-state index contributed by atoms with van der Waals surface area (Å²) in [6.07, 6.45) is 1.11. The third kappa shape index (κ3) is 4.96. The molecule has 0 radical (unpaired) electrons. The molecule has 3 rings (SSSR count). The van der Waals surface area contributed by atoms with Crippen molar-refractivity contribution < 1.29 is 4.79 Å². The lowest BCUT2D eigenvalue weighted by Gasteiger charge is -2.11. The van der Waals surface area contributed by atoms with Crippen molar-refractivity contribution in [2.45, 2.75) is 34.2 Å². The number of anilines is 1. The van der Waals surface area contributed by atoms with E-state index < -0.39 is 0 Å². The van der Waals surface area contributed by atoms with Gasteiger partial charge in [-0.05, 0) is 36.2 Å². The van der Waals surface area contributed by atoms with Gasteiger partial charge in [0, 0.05) is 11.4 Å². The molecule has 7 heteroatoms. The summed E-state index contributed by atoms with van der Waals surface area (Å²) in [5.74, 6) is 1.01. The summed E-state index contributed by atoms with van der Waals surface area (Å²) in [7, 11) is 0. The largest absolute Gasteiger partial charge is 0.325 e. The summed E-state index contributed by atoms with van der Waals surface area (Å²) in [5, 5.41) is 13.4. The third-order valence-electron chi connectivity index (χ3n) is 3.48. The Kier molecular flexibility index (Phi) is 6.34. The Morgan fingerprint density at radius 3 is 2.72 bits per heavy atom. The smallest absolute Gasteiger partial charge is 0.237 e. The van der Waals surface area contributed by atoms with E-state index in [4.69, 9.17) is 0 Å². The molecule has 2 aromatic carbocycles. The van der Waals surface area contributed by atoms with Gasteiger partial charge in [0.1, 0.15) is 0 Å². The van der Waals surface area contributed by atoms with Gasteiger partial charge < -0.3 is 5.32 Å². The Morgan fingerprint density at radius 2 is 1.92 bits per heavy atom. The number of amides is 1. The predicted molar refractivity (Wildman–Crippen MR) is 109 cm³/mol. The maximum absolute atomic E-state index is 12.5. The molecule has 0 spiro atoms. The van der Waals surface area contributed by atoms with Crippen LogP contribution in [0, 0.1) is 0 Å². The zero-order valence-corrected chi connectivity index (χ0v) is 16.5. The van der Waals surface area contributed by atoms with Crippen molar-refractivity contribution in [1.29, 1.82) is 0 Å². The quantitative estimate of drug-likeness (QED) is 0.555. The summed E-state index contributed by atoms with van der Waals surface area (Å²) in [6.45, 7) is 4.03. The van der Waals surface area contributed by atoms with Gasteiger partial charge in [0.15, 0.2) is 8.68 Å². The number of benzene rings is 2. The van der Waals surface area contributed by atoms with E-state index in [2.05, 4.69) is 28.5 Å². The molecule has 0 aliphatic heterocycles. The van der Waals surface area contributed by atoms with Gasteiger partial charge in [-0.1, -0.05) is 72.1 Å². The molecular weight excluding hydrogens is 370 g/mol. The van der Waals surface area contributed by atoms with Gasteiger partial charge in [0.05, 0.1) is 5.25 Å². The number of carbonyl (C=O) groups is 1. The molecule has 1 atom stereocenters. The Hall–Kier alpha value is -1.57. The van der Waals surface area contributed by atoms with Crippen LogP contribution >= 0.6 is 34.9 Å². The van der Waals surface area contributed by atoms with E-state index in [1.807, 2.05) is 43.3 Å². The van der Waals surface area contributed by atoms with E-state index in [0.717, 1.165) is 37.3 Å². The van der Waals surface area contributed by atoms with Gasteiger partial charge in [-0.3, -0.25) is 4.79 Å². The first-order valence-corrected chi connectivity index (χ1v) is 10.8. The minimum absolute atomic E-state index is 0.0294. The van der Waals surface area contributed by atoms with Crippen LogP contribution in [-0.2, 0) is 4.79 Å². The lowest BCUT2D eigenvalue weighted by Crippen LogP contribution is -2.22. The van der Waals surface area contributed by atoms with Crippen molar-refractivity contribution in [3.8, 4) is 0 Å². The minimum Gasteiger partial charge on any atom is -0.325 e.